The number of hydrogen-bond acceptors (Lipinski definition) is 2. The Morgan fingerprint density at radius 3 is 2.26 bits per heavy atom. The van der Waals surface area contributed by atoms with Crippen molar-refractivity contribution in [1.29, 1.82) is 0 Å². The van der Waals surface area contributed by atoms with E-state index in [1.807, 2.05) is 45.0 Å². The summed E-state index contributed by atoms with van der Waals surface area (Å²) in [6, 6.07) is 7.49. The number of benzene rings is 1. The molecular weight excluding hydrogens is 240 g/mol. The van der Waals surface area contributed by atoms with Crippen molar-refractivity contribution in [2.45, 2.75) is 52.1 Å². The lowest BCUT2D eigenvalue weighted by Crippen LogP contribution is -2.39. The minimum Gasteiger partial charge on any atom is -0.481 e. The second-order valence-corrected chi connectivity index (χ2v) is 5.18. The highest BCUT2D eigenvalue weighted by atomic mass is 16.4. The van der Waals surface area contributed by atoms with Crippen molar-refractivity contribution in [3.63, 3.8) is 0 Å². The number of aliphatic hydroxyl groups is 1. The molecule has 0 saturated carbocycles. The SMILES string of the molecule is CCCCC(C(=O)O)C(O)(CC)c1ccc(C)cc1. The van der Waals surface area contributed by atoms with E-state index in [-0.39, 0.29) is 0 Å². The number of carbonyl (C=O) groups is 1. The summed E-state index contributed by atoms with van der Waals surface area (Å²) in [6.45, 7) is 5.83. The normalized spacial score (nSPS) is 15.8. The summed E-state index contributed by atoms with van der Waals surface area (Å²) in [5.41, 5.74) is 0.515. The molecular formula is C16H24O3. The van der Waals surface area contributed by atoms with E-state index in [4.69, 9.17) is 0 Å². The molecule has 0 amide bonds. The van der Waals surface area contributed by atoms with Crippen LogP contribution in [0.3, 0.4) is 0 Å². The van der Waals surface area contributed by atoms with Crippen LogP contribution in [0.5, 0.6) is 0 Å². The van der Waals surface area contributed by atoms with Gasteiger partial charge in [0.1, 0.15) is 5.60 Å². The van der Waals surface area contributed by atoms with Crippen molar-refractivity contribution in [2.75, 3.05) is 0 Å². The van der Waals surface area contributed by atoms with E-state index in [0.717, 1.165) is 18.4 Å². The Labute approximate surface area is 115 Å². The van der Waals surface area contributed by atoms with Crippen molar-refractivity contribution in [3.05, 3.63) is 35.4 Å². The molecule has 0 spiro atoms. The van der Waals surface area contributed by atoms with Gasteiger partial charge in [-0.2, -0.15) is 0 Å². The first-order chi connectivity index (χ1) is 8.95. The zero-order valence-electron chi connectivity index (χ0n) is 12.0. The minimum atomic E-state index is -1.28. The number of rotatable bonds is 7. The largest absolute Gasteiger partial charge is 0.481 e. The average Bonchev–Trinajstić information content (AvgIpc) is 2.39. The van der Waals surface area contributed by atoms with Gasteiger partial charge < -0.3 is 10.2 Å². The van der Waals surface area contributed by atoms with E-state index >= 15 is 0 Å². The molecule has 106 valence electrons. The lowest BCUT2D eigenvalue weighted by Gasteiger charge is -2.33. The predicted octanol–water partition coefficient (Wildman–Crippen LogP) is 3.48. The molecule has 0 aliphatic heterocycles. The second-order valence-electron chi connectivity index (χ2n) is 5.18. The predicted molar refractivity (Wildman–Crippen MR) is 76.0 cm³/mol. The van der Waals surface area contributed by atoms with Crippen LogP contribution >= 0.6 is 0 Å². The van der Waals surface area contributed by atoms with E-state index in [0.29, 0.717) is 18.4 Å². The van der Waals surface area contributed by atoms with Gasteiger partial charge >= 0.3 is 5.97 Å². The molecule has 0 aliphatic rings. The molecule has 19 heavy (non-hydrogen) atoms. The van der Waals surface area contributed by atoms with Crippen LogP contribution in [-0.4, -0.2) is 16.2 Å². The lowest BCUT2D eigenvalue weighted by atomic mass is 9.76. The van der Waals surface area contributed by atoms with Gasteiger partial charge in [-0.25, -0.2) is 0 Å². The van der Waals surface area contributed by atoms with Crippen molar-refractivity contribution >= 4 is 5.97 Å². The Morgan fingerprint density at radius 2 is 1.84 bits per heavy atom. The molecule has 2 unspecified atom stereocenters. The number of unbranched alkanes of at least 4 members (excludes halogenated alkanes) is 1. The maximum atomic E-state index is 11.5. The fourth-order valence-corrected chi connectivity index (χ4v) is 2.47. The van der Waals surface area contributed by atoms with Gasteiger partial charge in [-0.05, 0) is 25.3 Å². The molecule has 0 aliphatic carbocycles. The molecule has 0 radical (unpaired) electrons. The summed E-state index contributed by atoms with van der Waals surface area (Å²) in [5, 5.41) is 20.3. The highest BCUT2D eigenvalue weighted by Gasteiger charge is 2.41. The number of carboxylic acid groups (broad SMARTS) is 1. The van der Waals surface area contributed by atoms with Crippen LogP contribution in [0.1, 0.15) is 50.7 Å². The monoisotopic (exact) mass is 264 g/mol. The van der Waals surface area contributed by atoms with Crippen molar-refractivity contribution < 1.29 is 15.0 Å². The smallest absolute Gasteiger partial charge is 0.309 e. The average molecular weight is 264 g/mol. The van der Waals surface area contributed by atoms with Crippen LogP contribution in [0.15, 0.2) is 24.3 Å². The highest BCUT2D eigenvalue weighted by molar-refractivity contribution is 5.72. The van der Waals surface area contributed by atoms with Crippen LogP contribution in [0.4, 0.5) is 0 Å². The van der Waals surface area contributed by atoms with E-state index in [1.165, 1.54) is 0 Å². The fourth-order valence-electron chi connectivity index (χ4n) is 2.47. The van der Waals surface area contributed by atoms with Crippen LogP contribution in [-0.2, 0) is 10.4 Å². The van der Waals surface area contributed by atoms with Crippen LogP contribution in [0.25, 0.3) is 0 Å². The molecule has 3 heteroatoms. The van der Waals surface area contributed by atoms with Gasteiger partial charge in [0.2, 0.25) is 0 Å². The summed E-state index contributed by atoms with van der Waals surface area (Å²) >= 11 is 0. The molecule has 1 aromatic carbocycles. The molecule has 1 rings (SSSR count). The summed E-state index contributed by atoms with van der Waals surface area (Å²) in [5.74, 6) is -1.67. The second kappa shape index (κ2) is 6.71. The number of carboxylic acids is 1. The molecule has 0 heterocycles. The Bertz CT molecular complexity index is 411. The van der Waals surface area contributed by atoms with Gasteiger partial charge in [-0.1, -0.05) is 56.5 Å². The summed E-state index contributed by atoms with van der Waals surface area (Å²) < 4.78 is 0. The molecule has 2 atom stereocenters. The van der Waals surface area contributed by atoms with Crippen molar-refractivity contribution in [2.24, 2.45) is 5.92 Å². The van der Waals surface area contributed by atoms with Gasteiger partial charge in [0.05, 0.1) is 5.92 Å². The first-order valence-corrected chi connectivity index (χ1v) is 6.98. The standard InChI is InChI=1S/C16H24O3/c1-4-6-7-14(15(17)18)16(19,5-2)13-10-8-12(3)9-11-13/h8-11,14,19H,4-7H2,1-3H3,(H,17,18). The van der Waals surface area contributed by atoms with Crippen LogP contribution in [0.2, 0.25) is 0 Å². The summed E-state index contributed by atoms with van der Waals surface area (Å²) in [4.78, 5) is 11.5. The highest BCUT2D eigenvalue weighted by Crippen LogP contribution is 2.36. The Kier molecular flexibility index (Phi) is 5.55. The fraction of sp³-hybridized carbons (Fsp3) is 0.562. The third-order valence-electron chi connectivity index (χ3n) is 3.81. The first-order valence-electron chi connectivity index (χ1n) is 6.98. The quantitative estimate of drug-likeness (QED) is 0.792. The van der Waals surface area contributed by atoms with E-state index < -0.39 is 17.5 Å². The van der Waals surface area contributed by atoms with E-state index in [1.54, 1.807) is 0 Å². The third kappa shape index (κ3) is 3.57. The van der Waals surface area contributed by atoms with E-state index in [9.17, 15) is 15.0 Å². The van der Waals surface area contributed by atoms with Gasteiger partial charge in [-0.15, -0.1) is 0 Å². The van der Waals surface area contributed by atoms with Crippen LogP contribution < -0.4 is 0 Å². The number of aliphatic carboxylic acids is 1. The van der Waals surface area contributed by atoms with Gasteiger partial charge in [0.15, 0.2) is 0 Å². The molecule has 0 fully saturated rings. The van der Waals surface area contributed by atoms with Gasteiger partial charge in [-0.3, -0.25) is 4.79 Å². The molecule has 0 saturated heterocycles. The molecule has 2 N–H and O–H groups in total. The number of aryl methyl sites for hydroxylation is 1. The van der Waals surface area contributed by atoms with Crippen molar-refractivity contribution in [3.8, 4) is 0 Å². The lowest BCUT2D eigenvalue weighted by molar-refractivity contribution is -0.154. The Hall–Kier alpha value is -1.35. The number of hydrogen-bond donors (Lipinski definition) is 2. The topological polar surface area (TPSA) is 57.5 Å². The molecule has 0 bridgehead atoms. The Balaban J connectivity index is 3.11. The third-order valence-corrected chi connectivity index (χ3v) is 3.81. The first kappa shape index (κ1) is 15.7. The Morgan fingerprint density at radius 1 is 1.26 bits per heavy atom. The zero-order valence-corrected chi connectivity index (χ0v) is 12.0. The van der Waals surface area contributed by atoms with E-state index in [2.05, 4.69) is 0 Å². The van der Waals surface area contributed by atoms with Gasteiger partial charge in [0.25, 0.3) is 0 Å². The van der Waals surface area contributed by atoms with Gasteiger partial charge in [0, 0.05) is 0 Å². The zero-order chi connectivity index (χ0) is 14.5. The maximum Gasteiger partial charge on any atom is 0.309 e. The summed E-state index contributed by atoms with van der Waals surface area (Å²) in [7, 11) is 0. The molecule has 0 aromatic heterocycles. The summed E-state index contributed by atoms with van der Waals surface area (Å²) in [6.07, 6.45) is 2.64. The minimum absolute atomic E-state index is 0.400. The van der Waals surface area contributed by atoms with Crippen LogP contribution in [0, 0.1) is 12.8 Å². The molecule has 3 nitrogen and oxygen atoms in total. The molecule has 1 aromatic rings. The van der Waals surface area contributed by atoms with Crippen molar-refractivity contribution in [1.82, 2.24) is 0 Å². The maximum absolute atomic E-state index is 11.5.